The van der Waals surface area contributed by atoms with Gasteiger partial charge in [0, 0.05) is 6.54 Å². The number of fused-ring (bicyclic) bond motifs is 1. The number of hydrogen-bond acceptors (Lipinski definition) is 3. The minimum Gasteiger partial charge on any atom is -0.287 e. The van der Waals surface area contributed by atoms with Gasteiger partial charge in [0.2, 0.25) is 0 Å². The van der Waals surface area contributed by atoms with Crippen molar-refractivity contribution in [2.45, 2.75) is 13.1 Å². The molecule has 1 heterocycles. The molecule has 0 spiro atoms. The van der Waals surface area contributed by atoms with Crippen molar-refractivity contribution in [1.82, 2.24) is 19.9 Å². The Kier molecular flexibility index (Phi) is 3.74. The minimum absolute atomic E-state index is 0.757. The highest BCUT2D eigenvalue weighted by molar-refractivity contribution is 5.73. The lowest BCUT2D eigenvalue weighted by Crippen LogP contribution is -2.25. The van der Waals surface area contributed by atoms with Gasteiger partial charge in [-0.3, -0.25) is 4.90 Å². The molecule has 4 heteroatoms. The van der Waals surface area contributed by atoms with Crippen LogP contribution in [0.15, 0.2) is 54.6 Å². The maximum Gasteiger partial charge on any atom is 0.113 e. The molecular weight excluding hydrogens is 248 g/mol. The Morgan fingerprint density at radius 2 is 1.75 bits per heavy atom. The molecule has 3 rings (SSSR count). The third-order valence-corrected chi connectivity index (χ3v) is 3.42. The predicted molar refractivity (Wildman–Crippen MR) is 80.3 cm³/mol. The van der Waals surface area contributed by atoms with Crippen molar-refractivity contribution in [2.24, 2.45) is 0 Å². The summed E-state index contributed by atoms with van der Waals surface area (Å²) in [7, 11) is 2.11. The van der Waals surface area contributed by atoms with E-state index < -0.39 is 0 Å². The fourth-order valence-electron chi connectivity index (χ4n) is 2.29. The first kappa shape index (κ1) is 12.8. The molecule has 0 unspecified atom stereocenters. The fraction of sp³-hybridized carbons (Fsp3) is 0.250. The van der Waals surface area contributed by atoms with Crippen molar-refractivity contribution in [3.8, 4) is 0 Å². The normalized spacial score (nSPS) is 11.3. The van der Waals surface area contributed by atoms with Crippen molar-refractivity contribution in [2.75, 3.05) is 13.6 Å². The van der Waals surface area contributed by atoms with Gasteiger partial charge in [0.05, 0.1) is 12.2 Å². The number of likely N-dealkylation sites (N-methyl/N-ethyl adjacent to an activating group) is 1. The lowest BCUT2D eigenvalue weighted by atomic mass is 10.1. The van der Waals surface area contributed by atoms with Crippen LogP contribution in [0.3, 0.4) is 0 Å². The first-order chi connectivity index (χ1) is 9.83. The SMILES string of the molecule is CN(CCc1ccccc1)Cn1nnc2ccccc21. The summed E-state index contributed by atoms with van der Waals surface area (Å²) in [5.41, 5.74) is 3.39. The van der Waals surface area contributed by atoms with Gasteiger partial charge in [-0.05, 0) is 31.2 Å². The van der Waals surface area contributed by atoms with Crippen molar-refractivity contribution in [3.05, 3.63) is 60.2 Å². The van der Waals surface area contributed by atoms with Gasteiger partial charge in [-0.2, -0.15) is 0 Å². The second-order valence-electron chi connectivity index (χ2n) is 5.03. The van der Waals surface area contributed by atoms with Crippen LogP contribution in [0.2, 0.25) is 0 Å². The molecule has 0 bridgehead atoms. The van der Waals surface area contributed by atoms with E-state index in [1.54, 1.807) is 0 Å². The Morgan fingerprint density at radius 3 is 2.60 bits per heavy atom. The average molecular weight is 266 g/mol. The van der Waals surface area contributed by atoms with Crippen LogP contribution in [-0.2, 0) is 13.1 Å². The van der Waals surface area contributed by atoms with Crippen LogP contribution in [0.25, 0.3) is 11.0 Å². The number of hydrogen-bond donors (Lipinski definition) is 0. The summed E-state index contributed by atoms with van der Waals surface area (Å²) in [6.07, 6.45) is 1.05. The van der Waals surface area contributed by atoms with E-state index >= 15 is 0 Å². The highest BCUT2D eigenvalue weighted by atomic mass is 15.5. The molecule has 0 aliphatic rings. The van der Waals surface area contributed by atoms with Crippen LogP contribution in [-0.4, -0.2) is 33.5 Å². The Balaban J connectivity index is 1.63. The molecule has 0 atom stereocenters. The zero-order valence-corrected chi connectivity index (χ0v) is 11.6. The van der Waals surface area contributed by atoms with E-state index in [1.165, 1.54) is 5.56 Å². The Morgan fingerprint density at radius 1 is 1.00 bits per heavy atom. The molecule has 0 aliphatic carbocycles. The molecule has 20 heavy (non-hydrogen) atoms. The van der Waals surface area contributed by atoms with E-state index in [4.69, 9.17) is 0 Å². The van der Waals surface area contributed by atoms with E-state index in [-0.39, 0.29) is 0 Å². The molecule has 0 N–H and O–H groups in total. The van der Waals surface area contributed by atoms with Crippen LogP contribution in [0.4, 0.5) is 0 Å². The van der Waals surface area contributed by atoms with Crippen LogP contribution < -0.4 is 0 Å². The van der Waals surface area contributed by atoms with Gasteiger partial charge >= 0.3 is 0 Å². The number of aromatic nitrogens is 3. The molecule has 0 saturated heterocycles. The van der Waals surface area contributed by atoms with Gasteiger partial charge in [0.15, 0.2) is 0 Å². The first-order valence-corrected chi connectivity index (χ1v) is 6.83. The van der Waals surface area contributed by atoms with Crippen LogP contribution in [0, 0.1) is 0 Å². The summed E-state index contributed by atoms with van der Waals surface area (Å²) in [4.78, 5) is 2.26. The molecule has 0 aliphatic heterocycles. The number of rotatable bonds is 5. The van der Waals surface area contributed by atoms with Gasteiger partial charge in [-0.15, -0.1) is 5.10 Å². The van der Waals surface area contributed by atoms with Gasteiger partial charge in [-0.1, -0.05) is 47.7 Å². The summed E-state index contributed by atoms with van der Waals surface area (Å²) < 4.78 is 1.94. The predicted octanol–water partition coefficient (Wildman–Crippen LogP) is 2.56. The standard InChI is InChI=1S/C16H18N4/c1-19(12-11-14-7-3-2-4-8-14)13-20-16-10-6-5-9-15(16)17-18-20/h2-10H,11-13H2,1H3. The molecule has 2 aromatic carbocycles. The highest BCUT2D eigenvalue weighted by Gasteiger charge is 2.06. The van der Waals surface area contributed by atoms with Crippen LogP contribution in [0.5, 0.6) is 0 Å². The molecule has 102 valence electrons. The van der Waals surface area contributed by atoms with Crippen LogP contribution >= 0.6 is 0 Å². The Hall–Kier alpha value is -2.20. The third kappa shape index (κ3) is 2.86. The van der Waals surface area contributed by atoms with Crippen molar-refractivity contribution >= 4 is 11.0 Å². The fourth-order valence-corrected chi connectivity index (χ4v) is 2.29. The van der Waals surface area contributed by atoms with E-state index in [9.17, 15) is 0 Å². The molecule has 0 fully saturated rings. The molecule has 3 aromatic rings. The minimum atomic E-state index is 0.757. The van der Waals surface area contributed by atoms with Crippen molar-refractivity contribution in [3.63, 3.8) is 0 Å². The zero-order chi connectivity index (χ0) is 13.8. The summed E-state index contributed by atoms with van der Waals surface area (Å²) in [5, 5.41) is 8.39. The number of nitrogens with zero attached hydrogens (tertiary/aromatic N) is 4. The molecule has 4 nitrogen and oxygen atoms in total. The lowest BCUT2D eigenvalue weighted by molar-refractivity contribution is 0.259. The smallest absolute Gasteiger partial charge is 0.113 e. The number of benzene rings is 2. The molecule has 0 amide bonds. The molecular formula is C16H18N4. The number of para-hydroxylation sites is 1. The summed E-state index contributed by atoms with van der Waals surface area (Å²) in [6, 6.07) is 18.6. The Labute approximate surface area is 118 Å². The maximum atomic E-state index is 4.22. The highest BCUT2D eigenvalue weighted by Crippen LogP contribution is 2.10. The van der Waals surface area contributed by atoms with Crippen molar-refractivity contribution < 1.29 is 0 Å². The second-order valence-corrected chi connectivity index (χ2v) is 5.03. The summed E-state index contributed by atoms with van der Waals surface area (Å²) >= 11 is 0. The largest absolute Gasteiger partial charge is 0.287 e. The molecule has 1 aromatic heterocycles. The van der Waals surface area contributed by atoms with E-state index in [0.29, 0.717) is 0 Å². The quantitative estimate of drug-likeness (QED) is 0.711. The van der Waals surface area contributed by atoms with Gasteiger partial charge in [0.25, 0.3) is 0 Å². The van der Waals surface area contributed by atoms with Crippen molar-refractivity contribution in [1.29, 1.82) is 0 Å². The monoisotopic (exact) mass is 266 g/mol. The lowest BCUT2D eigenvalue weighted by Gasteiger charge is -2.16. The van der Waals surface area contributed by atoms with Gasteiger partial charge in [-0.25, -0.2) is 4.68 Å². The summed E-state index contributed by atoms with van der Waals surface area (Å²) in [6.45, 7) is 1.76. The Bertz CT molecular complexity index is 675. The third-order valence-electron chi connectivity index (χ3n) is 3.42. The second kappa shape index (κ2) is 5.84. The van der Waals surface area contributed by atoms with E-state index in [2.05, 4.69) is 58.7 Å². The van der Waals surface area contributed by atoms with E-state index in [1.807, 2.05) is 22.9 Å². The van der Waals surface area contributed by atoms with Crippen LogP contribution in [0.1, 0.15) is 5.56 Å². The topological polar surface area (TPSA) is 34.0 Å². The van der Waals surface area contributed by atoms with Gasteiger partial charge < -0.3 is 0 Å². The van der Waals surface area contributed by atoms with Gasteiger partial charge in [0.1, 0.15) is 5.52 Å². The molecule has 0 radical (unpaired) electrons. The van der Waals surface area contributed by atoms with E-state index in [0.717, 1.165) is 30.7 Å². The first-order valence-electron chi connectivity index (χ1n) is 6.83. The zero-order valence-electron chi connectivity index (χ0n) is 11.6. The maximum absolute atomic E-state index is 4.22. The summed E-state index contributed by atoms with van der Waals surface area (Å²) in [5.74, 6) is 0. The molecule has 0 saturated carbocycles. The average Bonchev–Trinajstić information content (AvgIpc) is 2.90.